The zero-order chi connectivity index (χ0) is 24.1. The van der Waals surface area contributed by atoms with Crippen molar-refractivity contribution >= 4 is 24.0 Å². The Balaban J connectivity index is 1.93. The molecule has 1 aromatic carbocycles. The summed E-state index contributed by atoms with van der Waals surface area (Å²) < 4.78 is 10.6. The molecule has 0 aliphatic carbocycles. The van der Waals surface area contributed by atoms with Gasteiger partial charge in [0.25, 0.3) is 11.8 Å². The molecule has 2 rings (SSSR count). The molecule has 0 saturated heterocycles. The average molecular weight is 448 g/mol. The van der Waals surface area contributed by atoms with Gasteiger partial charge in [-0.15, -0.1) is 0 Å². The van der Waals surface area contributed by atoms with Crippen LogP contribution in [0.1, 0.15) is 68.7 Å². The highest BCUT2D eigenvalue weighted by Crippen LogP contribution is 2.22. The topological polar surface area (TPSA) is 105 Å². The van der Waals surface area contributed by atoms with Crippen molar-refractivity contribution in [1.82, 2.24) is 15.1 Å². The maximum Gasteiger partial charge on any atom is 0.410 e. The van der Waals surface area contributed by atoms with E-state index in [1.54, 1.807) is 65.8 Å². The second kappa shape index (κ2) is 10.0. The summed E-state index contributed by atoms with van der Waals surface area (Å²) in [7, 11) is 0. The Bertz CT molecular complexity index is 834. The number of rotatable bonds is 7. The van der Waals surface area contributed by atoms with Gasteiger partial charge < -0.3 is 19.7 Å². The fraction of sp³-hybridized carbons (Fsp3) is 0.565. The molecule has 9 nitrogen and oxygen atoms in total. The Morgan fingerprint density at radius 1 is 0.906 bits per heavy atom. The summed E-state index contributed by atoms with van der Waals surface area (Å²) in [5.74, 6) is -0.665. The van der Waals surface area contributed by atoms with Crippen LogP contribution in [0.2, 0.25) is 0 Å². The van der Waals surface area contributed by atoms with Crippen molar-refractivity contribution in [3.63, 3.8) is 0 Å². The number of hydrogen-bond acceptors (Lipinski definition) is 6. The number of fused-ring (bicyclic) bond motifs is 1. The first-order valence-corrected chi connectivity index (χ1v) is 10.7. The summed E-state index contributed by atoms with van der Waals surface area (Å²) >= 11 is 0. The van der Waals surface area contributed by atoms with Crippen LogP contribution in [0.15, 0.2) is 24.3 Å². The maximum absolute atomic E-state index is 12.6. The fourth-order valence-electron chi connectivity index (χ4n) is 3.09. The molecule has 32 heavy (non-hydrogen) atoms. The van der Waals surface area contributed by atoms with Gasteiger partial charge >= 0.3 is 12.2 Å². The molecule has 0 aromatic heterocycles. The van der Waals surface area contributed by atoms with Crippen LogP contribution in [0.5, 0.6) is 0 Å². The average Bonchev–Trinajstić information content (AvgIpc) is 2.89. The first kappa shape index (κ1) is 25.2. The zero-order valence-electron chi connectivity index (χ0n) is 19.7. The van der Waals surface area contributed by atoms with Crippen LogP contribution in [-0.2, 0) is 9.47 Å². The van der Waals surface area contributed by atoms with Crippen LogP contribution in [-0.4, -0.2) is 71.2 Å². The van der Waals surface area contributed by atoms with E-state index in [1.165, 1.54) is 9.80 Å². The third kappa shape index (κ3) is 7.25. The van der Waals surface area contributed by atoms with Gasteiger partial charge in [-0.05, 0) is 60.1 Å². The molecule has 1 N–H and O–H groups in total. The van der Waals surface area contributed by atoms with Gasteiger partial charge in [0, 0.05) is 26.2 Å². The standard InChI is InChI=1S/C23H33N3O6/c1-22(2,3)31-20(29)24-12-15-25(21(30)32-23(4,5)6)13-9-14-26-18(27)16-10-7-8-11-17(16)19(26)28/h7-8,10-11H,9,12-15H2,1-6H3,(H,24,29). The van der Waals surface area contributed by atoms with E-state index < -0.39 is 23.4 Å². The number of imide groups is 1. The minimum Gasteiger partial charge on any atom is -0.444 e. The van der Waals surface area contributed by atoms with Crippen LogP contribution in [0.25, 0.3) is 0 Å². The van der Waals surface area contributed by atoms with E-state index in [9.17, 15) is 19.2 Å². The lowest BCUT2D eigenvalue weighted by molar-refractivity contribution is 0.0235. The number of alkyl carbamates (subject to hydrolysis) is 1. The largest absolute Gasteiger partial charge is 0.444 e. The Labute approximate surface area is 189 Å². The third-order valence-electron chi connectivity index (χ3n) is 4.39. The van der Waals surface area contributed by atoms with Crippen LogP contribution in [0, 0.1) is 0 Å². The molecule has 1 aliphatic rings. The summed E-state index contributed by atoms with van der Waals surface area (Å²) in [5, 5.41) is 2.62. The Morgan fingerprint density at radius 3 is 1.94 bits per heavy atom. The molecule has 0 atom stereocenters. The maximum atomic E-state index is 12.6. The molecule has 0 saturated carbocycles. The lowest BCUT2D eigenvalue weighted by Gasteiger charge is -2.28. The molecule has 0 radical (unpaired) electrons. The summed E-state index contributed by atoms with van der Waals surface area (Å²) in [6.45, 7) is 11.4. The number of carbonyl (C=O) groups is 4. The first-order chi connectivity index (χ1) is 14.8. The van der Waals surface area contributed by atoms with Crippen LogP contribution in [0.3, 0.4) is 0 Å². The van der Waals surface area contributed by atoms with E-state index in [4.69, 9.17) is 9.47 Å². The molecule has 4 amide bonds. The monoisotopic (exact) mass is 447 g/mol. The predicted octanol–water partition coefficient (Wildman–Crippen LogP) is 3.43. The van der Waals surface area contributed by atoms with Gasteiger partial charge in [-0.25, -0.2) is 9.59 Å². The minimum absolute atomic E-state index is 0.168. The van der Waals surface area contributed by atoms with Crippen molar-refractivity contribution in [1.29, 1.82) is 0 Å². The number of amides is 4. The van der Waals surface area contributed by atoms with Gasteiger partial charge in [0.05, 0.1) is 11.1 Å². The van der Waals surface area contributed by atoms with Gasteiger partial charge in [0.2, 0.25) is 0 Å². The molecule has 0 unspecified atom stereocenters. The van der Waals surface area contributed by atoms with Crippen LogP contribution in [0.4, 0.5) is 9.59 Å². The summed E-state index contributed by atoms with van der Waals surface area (Å²) in [5.41, 5.74) is -0.524. The van der Waals surface area contributed by atoms with Gasteiger partial charge in [0.15, 0.2) is 0 Å². The summed E-state index contributed by atoms with van der Waals surface area (Å²) in [4.78, 5) is 52.1. The van der Waals surface area contributed by atoms with Crippen molar-refractivity contribution in [2.75, 3.05) is 26.2 Å². The first-order valence-electron chi connectivity index (χ1n) is 10.7. The van der Waals surface area contributed by atoms with Crippen molar-refractivity contribution in [2.45, 2.75) is 59.2 Å². The number of nitrogens with one attached hydrogen (secondary N) is 1. The van der Waals surface area contributed by atoms with E-state index in [-0.39, 0.29) is 38.0 Å². The molecule has 0 spiro atoms. The number of benzene rings is 1. The van der Waals surface area contributed by atoms with Gasteiger partial charge in [-0.2, -0.15) is 0 Å². The summed E-state index contributed by atoms with van der Waals surface area (Å²) in [6, 6.07) is 6.70. The van der Waals surface area contributed by atoms with Crippen molar-refractivity contribution in [3.05, 3.63) is 35.4 Å². The molecular weight excluding hydrogens is 414 g/mol. The Morgan fingerprint density at radius 2 is 1.44 bits per heavy atom. The molecule has 0 bridgehead atoms. The number of ether oxygens (including phenoxy) is 2. The van der Waals surface area contributed by atoms with E-state index >= 15 is 0 Å². The molecule has 9 heteroatoms. The van der Waals surface area contributed by atoms with E-state index in [0.717, 1.165) is 0 Å². The van der Waals surface area contributed by atoms with Gasteiger partial charge in [-0.3, -0.25) is 14.5 Å². The van der Waals surface area contributed by atoms with Crippen LogP contribution < -0.4 is 5.32 Å². The Kier molecular flexibility index (Phi) is 7.87. The highest BCUT2D eigenvalue weighted by Gasteiger charge is 2.34. The quantitative estimate of drug-likeness (QED) is 0.642. The predicted molar refractivity (Wildman–Crippen MR) is 118 cm³/mol. The second-order valence-corrected chi connectivity index (χ2v) is 9.56. The van der Waals surface area contributed by atoms with E-state index in [1.807, 2.05) is 0 Å². The highest BCUT2D eigenvalue weighted by molar-refractivity contribution is 6.21. The Hall–Kier alpha value is -3.10. The van der Waals surface area contributed by atoms with Crippen molar-refractivity contribution in [2.24, 2.45) is 0 Å². The number of hydrogen-bond donors (Lipinski definition) is 1. The molecule has 1 heterocycles. The lowest BCUT2D eigenvalue weighted by atomic mass is 10.1. The number of nitrogens with zero attached hydrogens (tertiary/aromatic N) is 2. The number of carbonyl (C=O) groups excluding carboxylic acids is 4. The van der Waals surface area contributed by atoms with E-state index in [2.05, 4.69) is 5.32 Å². The van der Waals surface area contributed by atoms with Gasteiger partial charge in [-0.1, -0.05) is 12.1 Å². The van der Waals surface area contributed by atoms with Crippen LogP contribution >= 0.6 is 0 Å². The molecule has 0 fully saturated rings. The fourth-order valence-corrected chi connectivity index (χ4v) is 3.09. The van der Waals surface area contributed by atoms with Crippen molar-refractivity contribution < 1.29 is 28.7 Å². The lowest BCUT2D eigenvalue weighted by Crippen LogP contribution is -2.43. The zero-order valence-corrected chi connectivity index (χ0v) is 19.7. The molecule has 1 aliphatic heterocycles. The molecule has 176 valence electrons. The minimum atomic E-state index is -0.684. The highest BCUT2D eigenvalue weighted by atomic mass is 16.6. The summed E-state index contributed by atoms with van der Waals surface area (Å²) in [6.07, 6.45) is -0.740. The SMILES string of the molecule is CC(C)(C)OC(=O)NCCN(CCCN1C(=O)c2ccccc2C1=O)C(=O)OC(C)(C)C. The normalized spacial score (nSPS) is 13.6. The molecule has 1 aromatic rings. The second-order valence-electron chi connectivity index (χ2n) is 9.56. The third-order valence-corrected chi connectivity index (χ3v) is 4.39. The van der Waals surface area contributed by atoms with Gasteiger partial charge in [0.1, 0.15) is 11.2 Å². The van der Waals surface area contributed by atoms with E-state index in [0.29, 0.717) is 17.5 Å². The molecular formula is C23H33N3O6. The smallest absolute Gasteiger partial charge is 0.410 e. The van der Waals surface area contributed by atoms with Crippen molar-refractivity contribution in [3.8, 4) is 0 Å².